The van der Waals surface area contributed by atoms with Crippen molar-refractivity contribution < 1.29 is 28.7 Å². The Morgan fingerprint density at radius 1 is 1.06 bits per heavy atom. The molecule has 0 aliphatic carbocycles. The van der Waals surface area contributed by atoms with Gasteiger partial charge in [-0.2, -0.15) is 0 Å². The molecule has 8 heteroatoms. The van der Waals surface area contributed by atoms with Crippen LogP contribution in [-0.4, -0.2) is 45.2 Å². The fraction of sp³-hybridized carbons (Fsp3) is 0.292. The van der Waals surface area contributed by atoms with Gasteiger partial charge in [0.1, 0.15) is 6.10 Å². The minimum Gasteiger partial charge on any atom is -0.468 e. The first-order valence-electron chi connectivity index (χ1n) is 10.1. The highest BCUT2D eigenvalue weighted by Gasteiger charge is 2.77. The molecule has 1 spiro atoms. The molecule has 2 aliphatic rings. The summed E-state index contributed by atoms with van der Waals surface area (Å²) < 4.78 is 10.3. The van der Waals surface area contributed by atoms with Crippen molar-refractivity contribution in [1.82, 2.24) is 0 Å². The average Bonchev–Trinajstić information content (AvgIpc) is 3.07. The van der Waals surface area contributed by atoms with Crippen molar-refractivity contribution in [3.63, 3.8) is 0 Å². The smallest absolute Gasteiger partial charge is 0.326 e. The van der Waals surface area contributed by atoms with Gasteiger partial charge in [0.15, 0.2) is 5.54 Å². The first-order valence-corrected chi connectivity index (χ1v) is 10.1. The van der Waals surface area contributed by atoms with E-state index in [-0.39, 0.29) is 6.42 Å². The van der Waals surface area contributed by atoms with Gasteiger partial charge in [0.2, 0.25) is 5.41 Å². The van der Waals surface area contributed by atoms with Crippen LogP contribution in [0.3, 0.4) is 0 Å². The molecule has 1 fully saturated rings. The van der Waals surface area contributed by atoms with Gasteiger partial charge in [0.05, 0.1) is 19.9 Å². The van der Waals surface area contributed by atoms with Crippen LogP contribution in [0, 0.1) is 5.41 Å². The molecule has 0 N–H and O–H groups in total. The monoisotopic (exact) mass is 436 g/mol. The van der Waals surface area contributed by atoms with Gasteiger partial charge in [0.25, 0.3) is 5.91 Å². The van der Waals surface area contributed by atoms with Crippen LogP contribution in [-0.2, 0) is 34.2 Å². The van der Waals surface area contributed by atoms with E-state index < -0.39 is 34.9 Å². The largest absolute Gasteiger partial charge is 0.468 e. The van der Waals surface area contributed by atoms with Crippen LogP contribution in [0.15, 0.2) is 67.3 Å². The maximum atomic E-state index is 14.1. The number of benzene rings is 2. The van der Waals surface area contributed by atoms with Crippen LogP contribution in [0.2, 0.25) is 0 Å². The summed E-state index contributed by atoms with van der Waals surface area (Å²) in [5.41, 5.74) is -2.50. The number of ether oxygens (including phenoxy) is 2. The summed E-state index contributed by atoms with van der Waals surface area (Å²) in [5, 5.41) is 1.35. The van der Waals surface area contributed by atoms with Crippen LogP contribution in [0.5, 0.6) is 0 Å². The van der Waals surface area contributed by atoms with Gasteiger partial charge in [-0.3, -0.25) is 19.2 Å². The third-order valence-corrected chi connectivity index (χ3v) is 6.26. The number of likely N-dealkylation sites (N-methyl/N-ethyl adjacent to an activating group) is 1. The lowest BCUT2D eigenvalue weighted by Crippen LogP contribution is -2.72. The molecule has 4 rings (SSSR count). The van der Waals surface area contributed by atoms with Crippen molar-refractivity contribution in [2.24, 2.45) is 5.41 Å². The van der Waals surface area contributed by atoms with E-state index in [4.69, 9.17) is 14.3 Å². The van der Waals surface area contributed by atoms with E-state index >= 15 is 0 Å². The van der Waals surface area contributed by atoms with Gasteiger partial charge >= 0.3 is 11.9 Å². The Kier molecular flexibility index (Phi) is 5.26. The third-order valence-electron chi connectivity index (χ3n) is 6.26. The predicted molar refractivity (Wildman–Crippen MR) is 117 cm³/mol. The molecule has 8 nitrogen and oxygen atoms in total. The number of hydrogen-bond donors (Lipinski definition) is 0. The maximum Gasteiger partial charge on any atom is 0.326 e. The number of rotatable bonds is 4. The number of carbonyl (C=O) groups excluding carboxylic acids is 3. The van der Waals surface area contributed by atoms with Crippen LogP contribution in [0.1, 0.15) is 12.0 Å². The lowest BCUT2D eigenvalue weighted by molar-refractivity contribution is -0.196. The van der Waals surface area contributed by atoms with Gasteiger partial charge in [-0.15, -0.1) is 6.58 Å². The van der Waals surface area contributed by atoms with Crippen LogP contribution < -0.4 is 9.96 Å². The number of methoxy groups -OCH3 is 2. The third kappa shape index (κ3) is 2.56. The summed E-state index contributed by atoms with van der Waals surface area (Å²) in [5.74, 6) is -2.29. The topological polar surface area (TPSA) is 85.4 Å². The van der Waals surface area contributed by atoms with Gasteiger partial charge in [-0.05, 0) is 18.2 Å². The molecule has 0 bridgehead atoms. The molecule has 1 saturated heterocycles. The van der Waals surface area contributed by atoms with E-state index in [0.29, 0.717) is 16.9 Å². The summed E-state index contributed by atoms with van der Waals surface area (Å²) in [6.07, 6.45) is 0.524. The molecule has 2 heterocycles. The summed E-state index contributed by atoms with van der Waals surface area (Å²) in [6.45, 7) is 3.79. The summed E-state index contributed by atoms with van der Waals surface area (Å²) in [4.78, 5) is 48.9. The van der Waals surface area contributed by atoms with E-state index in [1.165, 1.54) is 30.3 Å². The number of esters is 2. The van der Waals surface area contributed by atoms with Gasteiger partial charge in [0, 0.05) is 24.7 Å². The molecule has 2 atom stereocenters. The minimum atomic E-state index is -2.07. The molecular weight excluding hydrogens is 412 g/mol. The second-order valence-electron chi connectivity index (χ2n) is 7.69. The molecule has 0 radical (unpaired) electrons. The molecule has 0 aromatic heterocycles. The van der Waals surface area contributed by atoms with Crippen LogP contribution >= 0.6 is 0 Å². The zero-order valence-electron chi connectivity index (χ0n) is 18.1. The fourth-order valence-corrected chi connectivity index (χ4v) is 4.86. The van der Waals surface area contributed by atoms with E-state index in [1.54, 1.807) is 55.6 Å². The molecule has 32 heavy (non-hydrogen) atoms. The average molecular weight is 436 g/mol. The zero-order chi connectivity index (χ0) is 23.1. The summed E-state index contributed by atoms with van der Waals surface area (Å²) in [7, 11) is 3.96. The quantitative estimate of drug-likeness (QED) is 0.414. The number of hydroxylamine groups is 1. The number of nitrogens with zero attached hydrogens (tertiary/aromatic N) is 2. The van der Waals surface area contributed by atoms with Gasteiger partial charge < -0.3 is 14.4 Å². The number of para-hydroxylation sites is 2. The zero-order valence-corrected chi connectivity index (χ0v) is 18.1. The normalized spacial score (nSPS) is 23.6. The van der Waals surface area contributed by atoms with Crippen molar-refractivity contribution in [3.8, 4) is 0 Å². The van der Waals surface area contributed by atoms with E-state index in [2.05, 4.69) is 6.58 Å². The Morgan fingerprint density at radius 3 is 2.25 bits per heavy atom. The summed E-state index contributed by atoms with van der Waals surface area (Å²) >= 11 is 0. The number of amides is 1. The van der Waals surface area contributed by atoms with Crippen LogP contribution in [0.25, 0.3) is 0 Å². The number of anilines is 2. The Labute approximate surface area is 185 Å². The molecule has 1 amide bonds. The van der Waals surface area contributed by atoms with E-state index in [9.17, 15) is 14.4 Å². The predicted octanol–water partition coefficient (Wildman–Crippen LogP) is 2.59. The van der Waals surface area contributed by atoms with Gasteiger partial charge in [-0.1, -0.05) is 42.5 Å². The highest BCUT2D eigenvalue weighted by molar-refractivity contribution is 6.18. The molecule has 2 aliphatic heterocycles. The van der Waals surface area contributed by atoms with Gasteiger partial charge in [-0.25, -0.2) is 5.06 Å². The summed E-state index contributed by atoms with van der Waals surface area (Å²) in [6, 6.07) is 15.8. The Morgan fingerprint density at radius 2 is 1.66 bits per heavy atom. The number of carbonyl (C=O) groups is 3. The number of fused-ring (bicyclic) bond motifs is 2. The number of hydrogen-bond acceptors (Lipinski definition) is 7. The van der Waals surface area contributed by atoms with Crippen molar-refractivity contribution in [2.45, 2.75) is 18.1 Å². The second-order valence-corrected chi connectivity index (χ2v) is 7.69. The molecule has 2 aromatic carbocycles. The molecule has 0 saturated carbocycles. The first-order chi connectivity index (χ1) is 15.4. The standard InChI is InChI=1S/C24H24N2O6/c1-5-17-15-23(21(28)30-3,22(29)31-4)24(26(32-17)16-11-7-6-8-12-16)18-13-9-10-14-19(18)25(2)20(24)27/h5-14,17H,1,15H2,2-4H3/t17-,24-/m1/s1. The first kappa shape index (κ1) is 21.6. The molecule has 2 aromatic rings. The second kappa shape index (κ2) is 7.80. The molecule has 166 valence electrons. The Balaban J connectivity index is 2.17. The van der Waals surface area contributed by atoms with E-state index in [1.807, 2.05) is 6.07 Å². The Hall–Kier alpha value is -3.65. The molecule has 0 unspecified atom stereocenters. The fourth-order valence-electron chi connectivity index (χ4n) is 4.86. The minimum absolute atomic E-state index is 0.187. The maximum absolute atomic E-state index is 14.1. The van der Waals surface area contributed by atoms with Crippen molar-refractivity contribution in [2.75, 3.05) is 31.2 Å². The van der Waals surface area contributed by atoms with Crippen LogP contribution in [0.4, 0.5) is 11.4 Å². The SMILES string of the molecule is C=C[C@@H]1CC(C(=O)OC)(C(=O)OC)[C@@]2(C(=O)N(C)c3ccccc32)N(c2ccccc2)O1. The Bertz CT molecular complexity index is 1070. The highest BCUT2D eigenvalue weighted by Crippen LogP contribution is 2.60. The van der Waals surface area contributed by atoms with Crippen molar-refractivity contribution >= 4 is 29.2 Å². The van der Waals surface area contributed by atoms with E-state index in [0.717, 1.165) is 0 Å². The lowest BCUT2D eigenvalue weighted by Gasteiger charge is -2.54. The lowest BCUT2D eigenvalue weighted by atomic mass is 9.61. The highest BCUT2D eigenvalue weighted by atomic mass is 16.7. The molecular formula is C24H24N2O6. The van der Waals surface area contributed by atoms with Crippen molar-refractivity contribution in [3.05, 3.63) is 72.8 Å². The van der Waals surface area contributed by atoms with Crippen molar-refractivity contribution in [1.29, 1.82) is 0 Å².